The third kappa shape index (κ3) is 4.79. The van der Waals surface area contributed by atoms with Crippen LogP contribution in [0.2, 0.25) is 0 Å². The van der Waals surface area contributed by atoms with Gasteiger partial charge in [-0.25, -0.2) is 13.6 Å². The van der Waals surface area contributed by atoms with Crippen LogP contribution in [0.3, 0.4) is 0 Å². The second kappa shape index (κ2) is 6.35. The summed E-state index contributed by atoms with van der Waals surface area (Å²) in [5.74, 6) is -0.358. The standard InChI is InChI=1S/C10H16BrN3O3S/c1-2-14-7-8(11)6-9(14)10(15)13-4-3-5-18(12,16)17/h6-7H,2-5H2,1H3,(H,13,15)(H2,12,16,17). The van der Waals surface area contributed by atoms with E-state index < -0.39 is 10.0 Å². The molecule has 1 aromatic rings. The molecule has 3 N–H and O–H groups in total. The van der Waals surface area contributed by atoms with E-state index in [1.54, 1.807) is 10.6 Å². The summed E-state index contributed by atoms with van der Waals surface area (Å²) in [5, 5.41) is 7.52. The van der Waals surface area contributed by atoms with Crippen LogP contribution in [0.1, 0.15) is 23.8 Å². The number of nitrogens with one attached hydrogen (secondary N) is 1. The molecule has 0 saturated carbocycles. The van der Waals surface area contributed by atoms with Crippen LogP contribution in [0.15, 0.2) is 16.7 Å². The number of hydrogen-bond acceptors (Lipinski definition) is 3. The highest BCUT2D eigenvalue weighted by molar-refractivity contribution is 9.10. The fraction of sp³-hybridized carbons (Fsp3) is 0.500. The second-order valence-corrected chi connectivity index (χ2v) is 6.46. The lowest BCUT2D eigenvalue weighted by Gasteiger charge is -2.07. The van der Waals surface area contributed by atoms with Gasteiger partial charge in [0, 0.05) is 23.8 Å². The summed E-state index contributed by atoms with van der Waals surface area (Å²) < 4.78 is 24.0. The molecule has 1 heterocycles. The lowest BCUT2D eigenvalue weighted by atomic mass is 10.3. The summed E-state index contributed by atoms with van der Waals surface area (Å²) in [5.41, 5.74) is 0.542. The topological polar surface area (TPSA) is 94.2 Å². The molecule has 0 aliphatic heterocycles. The number of hydrogen-bond donors (Lipinski definition) is 2. The Hall–Kier alpha value is -0.860. The summed E-state index contributed by atoms with van der Waals surface area (Å²) in [6.07, 6.45) is 2.12. The third-order valence-corrected chi connectivity index (χ3v) is 3.62. The minimum Gasteiger partial charge on any atom is -0.351 e. The average Bonchev–Trinajstić information content (AvgIpc) is 2.64. The van der Waals surface area contributed by atoms with E-state index in [0.717, 1.165) is 4.47 Å². The summed E-state index contributed by atoms with van der Waals surface area (Å²) in [4.78, 5) is 11.8. The monoisotopic (exact) mass is 337 g/mol. The zero-order valence-electron chi connectivity index (χ0n) is 10.0. The molecule has 0 unspecified atom stereocenters. The van der Waals surface area contributed by atoms with Gasteiger partial charge in [-0.3, -0.25) is 4.79 Å². The van der Waals surface area contributed by atoms with Crippen LogP contribution >= 0.6 is 15.9 Å². The fourth-order valence-electron chi connectivity index (χ4n) is 1.49. The SMILES string of the molecule is CCn1cc(Br)cc1C(=O)NCCCS(N)(=O)=O. The van der Waals surface area contributed by atoms with Gasteiger partial charge in [0.05, 0.1) is 5.75 Å². The van der Waals surface area contributed by atoms with Crippen LogP contribution in [0.5, 0.6) is 0 Å². The van der Waals surface area contributed by atoms with E-state index in [4.69, 9.17) is 5.14 Å². The van der Waals surface area contributed by atoms with E-state index in [1.807, 2.05) is 13.1 Å². The van der Waals surface area contributed by atoms with Crippen LogP contribution in [0, 0.1) is 0 Å². The Labute approximate surface area is 115 Å². The highest BCUT2D eigenvalue weighted by atomic mass is 79.9. The summed E-state index contributed by atoms with van der Waals surface area (Å²) in [6.45, 7) is 2.90. The zero-order chi connectivity index (χ0) is 13.8. The third-order valence-electron chi connectivity index (χ3n) is 2.33. The van der Waals surface area contributed by atoms with Gasteiger partial charge in [0.2, 0.25) is 10.0 Å². The predicted octanol–water partition coefficient (Wildman–Crippen LogP) is 0.679. The van der Waals surface area contributed by atoms with E-state index in [2.05, 4.69) is 21.2 Å². The van der Waals surface area contributed by atoms with Crippen LogP contribution in [0.25, 0.3) is 0 Å². The number of amides is 1. The molecule has 1 rings (SSSR count). The number of primary sulfonamides is 1. The van der Waals surface area contributed by atoms with E-state index in [0.29, 0.717) is 18.7 Å². The summed E-state index contributed by atoms with van der Waals surface area (Å²) in [6, 6.07) is 1.72. The van der Waals surface area contributed by atoms with Crippen molar-refractivity contribution in [2.45, 2.75) is 19.9 Å². The molecule has 0 spiro atoms. The number of nitrogens with two attached hydrogens (primary N) is 1. The Morgan fingerprint density at radius 2 is 2.22 bits per heavy atom. The second-order valence-electron chi connectivity index (χ2n) is 3.81. The molecule has 0 radical (unpaired) electrons. The number of halogens is 1. The maximum atomic E-state index is 11.8. The molecule has 18 heavy (non-hydrogen) atoms. The summed E-state index contributed by atoms with van der Waals surface area (Å²) in [7, 11) is -3.46. The van der Waals surface area contributed by atoms with Gasteiger partial charge < -0.3 is 9.88 Å². The van der Waals surface area contributed by atoms with Crippen LogP contribution in [0.4, 0.5) is 0 Å². The first-order valence-electron chi connectivity index (χ1n) is 5.48. The summed E-state index contributed by atoms with van der Waals surface area (Å²) >= 11 is 3.30. The number of carbonyl (C=O) groups is 1. The lowest BCUT2D eigenvalue weighted by Crippen LogP contribution is -2.28. The van der Waals surface area contributed by atoms with Gasteiger partial charge in [0.25, 0.3) is 5.91 Å². The van der Waals surface area contributed by atoms with Gasteiger partial charge >= 0.3 is 0 Å². The van der Waals surface area contributed by atoms with Gasteiger partial charge in [-0.15, -0.1) is 0 Å². The fourth-order valence-corrected chi connectivity index (χ4v) is 2.50. The molecule has 0 aromatic carbocycles. The van der Waals surface area contributed by atoms with Crippen molar-refractivity contribution >= 4 is 31.9 Å². The van der Waals surface area contributed by atoms with Gasteiger partial charge in [0.15, 0.2) is 0 Å². The normalized spacial score (nSPS) is 11.5. The lowest BCUT2D eigenvalue weighted by molar-refractivity contribution is 0.0944. The Balaban J connectivity index is 2.50. The van der Waals surface area contributed by atoms with Crippen LogP contribution in [-0.4, -0.2) is 31.2 Å². The predicted molar refractivity (Wildman–Crippen MR) is 72.7 cm³/mol. The van der Waals surface area contributed by atoms with E-state index in [-0.39, 0.29) is 18.2 Å². The molecule has 0 aliphatic rings. The van der Waals surface area contributed by atoms with Crippen LogP contribution in [-0.2, 0) is 16.6 Å². The van der Waals surface area contributed by atoms with Crippen molar-refractivity contribution < 1.29 is 13.2 Å². The Morgan fingerprint density at radius 1 is 1.56 bits per heavy atom. The Kier molecular flexibility index (Phi) is 5.36. The van der Waals surface area contributed by atoms with Crippen molar-refractivity contribution in [1.82, 2.24) is 9.88 Å². The number of carbonyl (C=O) groups excluding carboxylic acids is 1. The smallest absolute Gasteiger partial charge is 0.267 e. The minimum absolute atomic E-state index is 0.133. The minimum atomic E-state index is -3.46. The van der Waals surface area contributed by atoms with Crippen molar-refractivity contribution in [2.75, 3.05) is 12.3 Å². The molecule has 0 bridgehead atoms. The van der Waals surface area contributed by atoms with E-state index in [9.17, 15) is 13.2 Å². The maximum absolute atomic E-state index is 11.8. The molecule has 0 saturated heterocycles. The molecule has 1 aromatic heterocycles. The van der Waals surface area contributed by atoms with Gasteiger partial charge in [-0.1, -0.05) is 0 Å². The first-order valence-corrected chi connectivity index (χ1v) is 7.98. The number of sulfonamides is 1. The molecular weight excluding hydrogens is 322 g/mol. The van der Waals surface area contributed by atoms with Crippen molar-refractivity contribution in [2.24, 2.45) is 5.14 Å². The first kappa shape index (κ1) is 15.2. The molecule has 6 nitrogen and oxygen atoms in total. The molecule has 102 valence electrons. The molecule has 1 amide bonds. The maximum Gasteiger partial charge on any atom is 0.267 e. The molecule has 0 atom stereocenters. The van der Waals surface area contributed by atoms with Crippen molar-refractivity contribution in [3.63, 3.8) is 0 Å². The van der Waals surface area contributed by atoms with Gasteiger partial charge in [-0.2, -0.15) is 0 Å². The highest BCUT2D eigenvalue weighted by Crippen LogP contribution is 2.14. The largest absolute Gasteiger partial charge is 0.351 e. The number of nitrogens with zero attached hydrogens (tertiary/aromatic N) is 1. The van der Waals surface area contributed by atoms with E-state index in [1.165, 1.54) is 0 Å². The molecule has 0 fully saturated rings. The van der Waals surface area contributed by atoms with Crippen molar-refractivity contribution in [3.8, 4) is 0 Å². The Bertz CT molecular complexity index is 524. The van der Waals surface area contributed by atoms with Crippen LogP contribution < -0.4 is 10.5 Å². The van der Waals surface area contributed by atoms with E-state index >= 15 is 0 Å². The quantitative estimate of drug-likeness (QED) is 0.747. The van der Waals surface area contributed by atoms with Crippen molar-refractivity contribution in [1.29, 1.82) is 0 Å². The molecular formula is C10H16BrN3O3S. The number of aryl methyl sites for hydroxylation is 1. The average molecular weight is 338 g/mol. The highest BCUT2D eigenvalue weighted by Gasteiger charge is 2.12. The first-order chi connectivity index (χ1) is 8.33. The van der Waals surface area contributed by atoms with Gasteiger partial charge in [0.1, 0.15) is 5.69 Å². The number of rotatable bonds is 6. The number of aromatic nitrogens is 1. The Morgan fingerprint density at radius 3 is 2.78 bits per heavy atom. The van der Waals surface area contributed by atoms with Crippen molar-refractivity contribution in [3.05, 3.63) is 22.4 Å². The zero-order valence-corrected chi connectivity index (χ0v) is 12.4. The molecule has 8 heteroatoms. The molecule has 0 aliphatic carbocycles. The van der Waals surface area contributed by atoms with Gasteiger partial charge in [-0.05, 0) is 35.3 Å².